The highest BCUT2D eigenvalue weighted by atomic mass is 32.1. The zero-order valence-corrected chi connectivity index (χ0v) is 21.5. The van der Waals surface area contributed by atoms with Crippen LogP contribution >= 0.6 is 11.3 Å². The van der Waals surface area contributed by atoms with E-state index in [0.717, 1.165) is 34.5 Å². The first-order valence-corrected chi connectivity index (χ1v) is 13.2. The molecule has 190 valence electrons. The van der Waals surface area contributed by atoms with Crippen molar-refractivity contribution in [2.24, 2.45) is 4.99 Å². The fraction of sp³-hybridized carbons (Fsp3) is 0.500. The number of rotatable bonds is 4. The van der Waals surface area contributed by atoms with Crippen LogP contribution < -0.4 is 5.32 Å². The fourth-order valence-electron chi connectivity index (χ4n) is 5.51. The Balaban J connectivity index is 1.41. The van der Waals surface area contributed by atoms with E-state index >= 15 is 0 Å². The van der Waals surface area contributed by atoms with Crippen molar-refractivity contribution in [2.75, 3.05) is 13.1 Å². The van der Waals surface area contributed by atoms with Gasteiger partial charge in [0.1, 0.15) is 11.9 Å². The minimum Gasteiger partial charge on any atom is -0.391 e. The number of piperidine rings is 1. The molecule has 36 heavy (non-hydrogen) atoms. The van der Waals surface area contributed by atoms with Crippen LogP contribution in [-0.4, -0.2) is 74.7 Å². The van der Waals surface area contributed by atoms with Crippen LogP contribution in [0.2, 0.25) is 0 Å². The van der Waals surface area contributed by atoms with Crippen LogP contribution in [0, 0.1) is 6.92 Å². The summed E-state index contributed by atoms with van der Waals surface area (Å²) in [5.74, 6) is -0.197. The predicted molar refractivity (Wildman–Crippen MR) is 136 cm³/mol. The number of nitrogens with one attached hydrogen (secondary N) is 1. The number of hydrogen-bond acceptors (Lipinski definition) is 7. The zero-order valence-electron chi connectivity index (χ0n) is 20.7. The molecule has 4 heterocycles. The molecule has 3 aliphatic heterocycles. The van der Waals surface area contributed by atoms with E-state index in [1.54, 1.807) is 28.1 Å². The van der Waals surface area contributed by atoms with Crippen molar-refractivity contribution in [2.45, 2.75) is 70.2 Å². The summed E-state index contributed by atoms with van der Waals surface area (Å²) in [6.07, 6.45) is 1.91. The number of carbonyl (C=O) groups is 3. The summed E-state index contributed by atoms with van der Waals surface area (Å²) in [5.41, 5.74) is 3.40. The molecule has 3 aliphatic rings. The number of aromatic nitrogens is 1. The number of aliphatic hydroxyl groups is 1. The molecule has 5 rings (SSSR count). The standard InChI is InChI=1S/C26H31N5O4S/c1-15-22(36-14-27-15)17-7-9-18(10-8-17)26(3)25(35)28-23(29-26)21-12-19(33)13-31(21)24(34)20-6-4-5-11-30(20)16(2)32/h7-10,14,19-21,33H,4-6,11-13H2,1-3H3,(H,28,29,35). The molecule has 4 unspecified atom stereocenters. The second-order valence-corrected chi connectivity index (χ2v) is 10.8. The molecule has 1 aromatic heterocycles. The summed E-state index contributed by atoms with van der Waals surface area (Å²) in [6.45, 7) is 5.92. The zero-order chi connectivity index (χ0) is 25.6. The molecule has 1 aromatic carbocycles. The summed E-state index contributed by atoms with van der Waals surface area (Å²) >= 11 is 1.57. The third-order valence-electron chi connectivity index (χ3n) is 7.55. The van der Waals surface area contributed by atoms with Crippen molar-refractivity contribution in [3.8, 4) is 10.4 Å². The molecule has 2 aromatic rings. The van der Waals surface area contributed by atoms with Gasteiger partial charge in [0.2, 0.25) is 11.8 Å². The van der Waals surface area contributed by atoms with Crippen LogP contribution in [-0.2, 0) is 19.9 Å². The lowest BCUT2D eigenvalue weighted by Gasteiger charge is -2.37. The van der Waals surface area contributed by atoms with E-state index in [1.807, 2.05) is 36.7 Å². The lowest BCUT2D eigenvalue weighted by Crippen LogP contribution is -2.55. The number of hydrogen-bond donors (Lipinski definition) is 2. The summed E-state index contributed by atoms with van der Waals surface area (Å²) in [6, 6.07) is 6.65. The third-order valence-corrected chi connectivity index (χ3v) is 8.53. The van der Waals surface area contributed by atoms with Gasteiger partial charge >= 0.3 is 0 Å². The number of aliphatic imine (C=N–C) groups is 1. The van der Waals surface area contributed by atoms with Gasteiger partial charge in [0.25, 0.3) is 5.91 Å². The van der Waals surface area contributed by atoms with Crippen LogP contribution in [0.15, 0.2) is 34.8 Å². The first kappa shape index (κ1) is 24.6. The van der Waals surface area contributed by atoms with Crippen LogP contribution in [0.4, 0.5) is 0 Å². The SMILES string of the molecule is CC(=O)N1CCCCC1C(=O)N1CC(O)CC1C1=NC(C)(c2ccc(-c3scnc3C)cc2)C(=O)N1. The van der Waals surface area contributed by atoms with E-state index in [9.17, 15) is 19.5 Å². The van der Waals surface area contributed by atoms with E-state index in [0.29, 0.717) is 18.8 Å². The highest BCUT2D eigenvalue weighted by molar-refractivity contribution is 7.13. The maximum atomic E-state index is 13.6. The maximum absolute atomic E-state index is 13.6. The Kier molecular flexibility index (Phi) is 6.42. The smallest absolute Gasteiger partial charge is 0.257 e. The van der Waals surface area contributed by atoms with Gasteiger partial charge in [0.15, 0.2) is 5.54 Å². The maximum Gasteiger partial charge on any atom is 0.257 e. The molecule has 0 radical (unpaired) electrons. The van der Waals surface area contributed by atoms with Gasteiger partial charge < -0.3 is 20.2 Å². The Hall–Kier alpha value is -3.11. The minimum atomic E-state index is -1.14. The summed E-state index contributed by atoms with van der Waals surface area (Å²) in [5, 5.41) is 13.4. The second-order valence-electron chi connectivity index (χ2n) is 9.99. The third kappa shape index (κ3) is 4.22. The van der Waals surface area contributed by atoms with E-state index < -0.39 is 23.7 Å². The Bertz CT molecular complexity index is 1230. The van der Waals surface area contributed by atoms with Gasteiger partial charge in [0.05, 0.1) is 28.2 Å². The van der Waals surface area contributed by atoms with Crippen molar-refractivity contribution in [3.05, 3.63) is 41.0 Å². The molecular weight excluding hydrogens is 478 g/mol. The second kappa shape index (κ2) is 9.40. The monoisotopic (exact) mass is 509 g/mol. The average molecular weight is 510 g/mol. The average Bonchev–Trinajstić information content (AvgIpc) is 3.56. The normalized spacial score (nSPS) is 28.3. The molecule has 0 bridgehead atoms. The largest absolute Gasteiger partial charge is 0.391 e. The van der Waals surface area contributed by atoms with E-state index in [2.05, 4.69) is 10.3 Å². The number of aliphatic hydroxyl groups excluding tert-OH is 1. The number of aryl methyl sites for hydroxylation is 1. The van der Waals surface area contributed by atoms with Crippen LogP contribution in [0.5, 0.6) is 0 Å². The number of nitrogens with zero attached hydrogens (tertiary/aromatic N) is 4. The number of likely N-dealkylation sites (tertiary alicyclic amines) is 2. The number of benzene rings is 1. The number of carbonyl (C=O) groups excluding carboxylic acids is 3. The van der Waals surface area contributed by atoms with Crippen LogP contribution in [0.1, 0.15) is 50.8 Å². The molecule has 0 aliphatic carbocycles. The van der Waals surface area contributed by atoms with Crippen molar-refractivity contribution < 1.29 is 19.5 Å². The van der Waals surface area contributed by atoms with Gasteiger partial charge in [-0.3, -0.25) is 14.4 Å². The summed E-state index contributed by atoms with van der Waals surface area (Å²) in [4.78, 5) is 52.3. The topological polar surface area (TPSA) is 115 Å². The van der Waals surface area contributed by atoms with Crippen LogP contribution in [0.25, 0.3) is 10.4 Å². The van der Waals surface area contributed by atoms with Gasteiger partial charge in [-0.1, -0.05) is 24.3 Å². The van der Waals surface area contributed by atoms with Crippen molar-refractivity contribution in [3.63, 3.8) is 0 Å². The summed E-state index contributed by atoms with van der Waals surface area (Å²) < 4.78 is 0. The van der Waals surface area contributed by atoms with Crippen molar-refractivity contribution in [1.82, 2.24) is 20.1 Å². The quantitative estimate of drug-likeness (QED) is 0.656. The highest BCUT2D eigenvalue weighted by Gasteiger charge is 2.48. The molecule has 0 saturated carbocycles. The van der Waals surface area contributed by atoms with E-state index in [1.165, 1.54) is 6.92 Å². The molecule has 2 saturated heterocycles. The minimum absolute atomic E-state index is 0.125. The molecule has 2 fully saturated rings. The Labute approximate surface area is 214 Å². The predicted octanol–water partition coefficient (Wildman–Crippen LogP) is 2.22. The van der Waals surface area contributed by atoms with Gasteiger partial charge in [-0.15, -0.1) is 11.3 Å². The number of β-amino-alcohol motifs (C(OH)–C–C–N with tert-alkyl or cyclic N) is 1. The molecule has 10 heteroatoms. The lowest BCUT2D eigenvalue weighted by atomic mass is 9.91. The molecular formula is C26H31N5O4S. The molecule has 9 nitrogen and oxygen atoms in total. The molecule has 3 amide bonds. The summed E-state index contributed by atoms with van der Waals surface area (Å²) in [7, 11) is 0. The van der Waals surface area contributed by atoms with Crippen LogP contribution in [0.3, 0.4) is 0 Å². The number of amidine groups is 1. The number of amides is 3. The van der Waals surface area contributed by atoms with E-state index in [4.69, 9.17) is 4.99 Å². The fourth-order valence-corrected chi connectivity index (χ4v) is 6.32. The highest BCUT2D eigenvalue weighted by Crippen LogP contribution is 2.35. The first-order valence-electron chi connectivity index (χ1n) is 12.4. The molecule has 4 atom stereocenters. The molecule has 0 spiro atoms. The van der Waals surface area contributed by atoms with Gasteiger partial charge in [-0.05, 0) is 44.2 Å². The van der Waals surface area contributed by atoms with Crippen molar-refractivity contribution >= 4 is 34.9 Å². The van der Waals surface area contributed by atoms with Gasteiger partial charge in [-0.25, -0.2) is 9.98 Å². The van der Waals surface area contributed by atoms with Gasteiger partial charge in [-0.2, -0.15) is 0 Å². The Morgan fingerprint density at radius 1 is 1.19 bits per heavy atom. The van der Waals surface area contributed by atoms with Crippen molar-refractivity contribution in [1.29, 1.82) is 0 Å². The Morgan fingerprint density at radius 2 is 1.94 bits per heavy atom. The molecule has 2 N–H and O–H groups in total. The lowest BCUT2D eigenvalue weighted by molar-refractivity contribution is -0.146. The van der Waals surface area contributed by atoms with Gasteiger partial charge in [0, 0.05) is 26.4 Å². The number of thiazole rings is 1. The Morgan fingerprint density at radius 3 is 2.61 bits per heavy atom. The first-order chi connectivity index (χ1) is 17.2. The van der Waals surface area contributed by atoms with E-state index in [-0.39, 0.29) is 30.7 Å².